The third-order valence-electron chi connectivity index (χ3n) is 4.73. The van der Waals surface area contributed by atoms with Crippen LogP contribution < -0.4 is 0 Å². The molecule has 0 aliphatic heterocycles. The molecular weight excluding hydrogens is 224 g/mol. The number of carbonyl (C=O) groups is 1. The largest absolute Gasteiger partial charge is 0.343 e. The van der Waals surface area contributed by atoms with E-state index >= 15 is 0 Å². The Bertz CT molecular complexity index is 320. The number of nitriles is 1. The highest BCUT2D eigenvalue weighted by atomic mass is 16.2. The van der Waals surface area contributed by atoms with Crippen molar-refractivity contribution in [1.82, 2.24) is 4.90 Å². The van der Waals surface area contributed by atoms with E-state index in [2.05, 4.69) is 6.07 Å². The minimum Gasteiger partial charge on any atom is -0.343 e. The number of hydrogen-bond donors (Lipinski definition) is 0. The minimum atomic E-state index is 0.222. The van der Waals surface area contributed by atoms with Crippen LogP contribution >= 0.6 is 0 Å². The Balaban J connectivity index is 1.85. The van der Waals surface area contributed by atoms with Gasteiger partial charge in [-0.05, 0) is 38.5 Å². The summed E-state index contributed by atoms with van der Waals surface area (Å²) in [5, 5.41) is 8.90. The molecule has 18 heavy (non-hydrogen) atoms. The molecule has 2 aliphatic rings. The Labute approximate surface area is 110 Å². The minimum absolute atomic E-state index is 0.222. The summed E-state index contributed by atoms with van der Waals surface area (Å²) < 4.78 is 0. The van der Waals surface area contributed by atoms with Crippen molar-refractivity contribution in [2.24, 2.45) is 11.8 Å². The van der Waals surface area contributed by atoms with Gasteiger partial charge in [-0.2, -0.15) is 5.26 Å². The first-order valence-electron chi connectivity index (χ1n) is 7.38. The van der Waals surface area contributed by atoms with Gasteiger partial charge in [-0.15, -0.1) is 0 Å². The van der Waals surface area contributed by atoms with Crippen molar-refractivity contribution in [2.75, 3.05) is 7.05 Å². The van der Waals surface area contributed by atoms with Crippen molar-refractivity contribution in [3.63, 3.8) is 0 Å². The quantitative estimate of drug-likeness (QED) is 0.753. The summed E-state index contributed by atoms with van der Waals surface area (Å²) in [4.78, 5) is 14.4. The van der Waals surface area contributed by atoms with Crippen LogP contribution in [0.3, 0.4) is 0 Å². The fourth-order valence-electron chi connectivity index (χ4n) is 3.41. The van der Waals surface area contributed by atoms with Crippen LogP contribution in [-0.2, 0) is 4.79 Å². The summed E-state index contributed by atoms with van der Waals surface area (Å²) in [6.45, 7) is 0. The lowest BCUT2D eigenvalue weighted by Gasteiger charge is -2.35. The van der Waals surface area contributed by atoms with Crippen molar-refractivity contribution in [3.8, 4) is 6.07 Å². The van der Waals surface area contributed by atoms with Crippen LogP contribution in [0.15, 0.2) is 0 Å². The molecule has 0 aromatic rings. The summed E-state index contributed by atoms with van der Waals surface area (Å²) in [6.07, 6.45) is 9.82. The maximum absolute atomic E-state index is 12.4. The van der Waals surface area contributed by atoms with E-state index in [4.69, 9.17) is 5.26 Å². The fourth-order valence-corrected chi connectivity index (χ4v) is 3.41. The molecule has 2 fully saturated rings. The molecule has 0 radical (unpaired) electrons. The first-order chi connectivity index (χ1) is 8.72. The molecule has 3 nitrogen and oxygen atoms in total. The van der Waals surface area contributed by atoms with Crippen LogP contribution in [0, 0.1) is 23.2 Å². The third-order valence-corrected chi connectivity index (χ3v) is 4.73. The number of carbonyl (C=O) groups excluding carboxylic acids is 1. The summed E-state index contributed by atoms with van der Waals surface area (Å²) in [7, 11) is 1.97. The molecule has 0 saturated heterocycles. The van der Waals surface area contributed by atoms with Gasteiger partial charge in [-0.3, -0.25) is 4.79 Å². The average Bonchev–Trinajstić information content (AvgIpc) is 2.47. The van der Waals surface area contributed by atoms with E-state index in [0.29, 0.717) is 11.9 Å². The Kier molecular flexibility index (Phi) is 4.63. The van der Waals surface area contributed by atoms with E-state index in [1.54, 1.807) is 0 Å². The molecule has 0 unspecified atom stereocenters. The molecule has 3 heteroatoms. The van der Waals surface area contributed by atoms with Crippen LogP contribution in [-0.4, -0.2) is 23.9 Å². The van der Waals surface area contributed by atoms with Gasteiger partial charge >= 0.3 is 0 Å². The van der Waals surface area contributed by atoms with Crippen LogP contribution in [0.2, 0.25) is 0 Å². The van der Waals surface area contributed by atoms with Gasteiger partial charge in [-0.1, -0.05) is 19.3 Å². The maximum Gasteiger partial charge on any atom is 0.225 e. The zero-order chi connectivity index (χ0) is 13.0. The SMILES string of the molecule is CN(C(=O)C1CCCCC1)C1CCC(C#N)CC1. The molecular formula is C15H24N2O. The van der Waals surface area contributed by atoms with Gasteiger partial charge in [0.2, 0.25) is 5.91 Å². The number of hydrogen-bond acceptors (Lipinski definition) is 2. The van der Waals surface area contributed by atoms with Gasteiger partial charge in [-0.25, -0.2) is 0 Å². The highest BCUT2D eigenvalue weighted by molar-refractivity contribution is 5.79. The molecule has 0 atom stereocenters. The molecule has 2 saturated carbocycles. The molecule has 0 aromatic heterocycles. The maximum atomic E-state index is 12.4. The second-order valence-corrected chi connectivity index (χ2v) is 5.92. The fraction of sp³-hybridized carbons (Fsp3) is 0.867. The molecule has 0 aromatic carbocycles. The van der Waals surface area contributed by atoms with E-state index in [-0.39, 0.29) is 11.8 Å². The molecule has 2 aliphatic carbocycles. The first kappa shape index (κ1) is 13.4. The standard InChI is InChI=1S/C15H24N2O/c1-17(14-9-7-12(11-16)8-10-14)15(18)13-5-3-2-4-6-13/h12-14H,2-10H2,1H3. The first-order valence-corrected chi connectivity index (χ1v) is 7.38. The van der Waals surface area contributed by atoms with E-state index in [1.807, 2.05) is 11.9 Å². The van der Waals surface area contributed by atoms with Crippen molar-refractivity contribution in [1.29, 1.82) is 5.26 Å². The van der Waals surface area contributed by atoms with Gasteiger partial charge in [0.25, 0.3) is 0 Å². The molecule has 2 rings (SSSR count). The Hall–Kier alpha value is -1.04. The van der Waals surface area contributed by atoms with Crippen LogP contribution in [0.5, 0.6) is 0 Å². The van der Waals surface area contributed by atoms with Gasteiger partial charge in [0, 0.05) is 24.9 Å². The monoisotopic (exact) mass is 248 g/mol. The van der Waals surface area contributed by atoms with Gasteiger partial charge in [0.05, 0.1) is 6.07 Å². The van der Waals surface area contributed by atoms with Gasteiger partial charge in [0.15, 0.2) is 0 Å². The lowest BCUT2D eigenvalue weighted by Crippen LogP contribution is -2.42. The number of nitrogens with zero attached hydrogens (tertiary/aromatic N) is 2. The summed E-state index contributed by atoms with van der Waals surface area (Å²) in [5.41, 5.74) is 0. The molecule has 1 amide bonds. The smallest absolute Gasteiger partial charge is 0.225 e. The van der Waals surface area contributed by atoms with E-state index < -0.39 is 0 Å². The molecule has 0 N–H and O–H groups in total. The normalized spacial score (nSPS) is 29.6. The molecule has 0 spiro atoms. The van der Waals surface area contributed by atoms with Gasteiger partial charge < -0.3 is 4.90 Å². The van der Waals surface area contributed by atoms with Gasteiger partial charge in [0.1, 0.15) is 0 Å². The molecule has 100 valence electrons. The third kappa shape index (κ3) is 3.04. The highest BCUT2D eigenvalue weighted by Crippen LogP contribution is 2.30. The highest BCUT2D eigenvalue weighted by Gasteiger charge is 2.30. The molecule has 0 heterocycles. The molecule has 0 bridgehead atoms. The Morgan fingerprint density at radius 2 is 1.67 bits per heavy atom. The number of amides is 1. The number of rotatable bonds is 2. The zero-order valence-electron chi connectivity index (χ0n) is 11.4. The topological polar surface area (TPSA) is 44.1 Å². The van der Waals surface area contributed by atoms with E-state index in [9.17, 15) is 4.79 Å². The predicted molar refractivity (Wildman–Crippen MR) is 70.7 cm³/mol. The second-order valence-electron chi connectivity index (χ2n) is 5.92. The van der Waals surface area contributed by atoms with Crippen molar-refractivity contribution < 1.29 is 4.79 Å². The van der Waals surface area contributed by atoms with E-state index in [0.717, 1.165) is 38.5 Å². The second kappa shape index (κ2) is 6.22. The summed E-state index contributed by atoms with van der Waals surface area (Å²) in [5.74, 6) is 0.854. The lowest BCUT2D eigenvalue weighted by molar-refractivity contribution is -0.138. The zero-order valence-corrected chi connectivity index (χ0v) is 11.4. The van der Waals surface area contributed by atoms with Crippen molar-refractivity contribution in [3.05, 3.63) is 0 Å². The Morgan fingerprint density at radius 3 is 2.22 bits per heavy atom. The van der Waals surface area contributed by atoms with E-state index in [1.165, 1.54) is 19.3 Å². The predicted octanol–water partition coefficient (Wildman–Crippen LogP) is 3.11. The summed E-state index contributed by atoms with van der Waals surface area (Å²) in [6, 6.07) is 2.73. The van der Waals surface area contributed by atoms with Crippen molar-refractivity contribution >= 4 is 5.91 Å². The average molecular weight is 248 g/mol. The Morgan fingerprint density at radius 1 is 1.06 bits per heavy atom. The van der Waals surface area contributed by atoms with Crippen LogP contribution in [0.1, 0.15) is 57.8 Å². The van der Waals surface area contributed by atoms with Crippen LogP contribution in [0.25, 0.3) is 0 Å². The lowest BCUT2D eigenvalue weighted by atomic mass is 9.84. The van der Waals surface area contributed by atoms with Crippen molar-refractivity contribution in [2.45, 2.75) is 63.8 Å². The summed E-state index contributed by atoms with van der Waals surface area (Å²) >= 11 is 0. The van der Waals surface area contributed by atoms with Crippen LogP contribution in [0.4, 0.5) is 0 Å².